The maximum Gasteiger partial charge on any atom is 0.180 e. The lowest BCUT2D eigenvalue weighted by atomic mass is 10.0. The van der Waals surface area contributed by atoms with Crippen molar-refractivity contribution in [2.24, 2.45) is 0 Å². The Morgan fingerprint density at radius 2 is 0.719 bits per heavy atom. The molecule has 2 heterocycles. The Labute approximate surface area is 333 Å². The van der Waals surface area contributed by atoms with Crippen LogP contribution in [-0.2, 0) is 0 Å². The molecule has 11 aromatic rings. The number of benzene rings is 9. The van der Waals surface area contributed by atoms with Crippen LogP contribution in [0.25, 0.3) is 66.1 Å². The van der Waals surface area contributed by atoms with Gasteiger partial charge in [0, 0.05) is 32.9 Å². The van der Waals surface area contributed by atoms with E-state index in [0.717, 1.165) is 0 Å². The van der Waals surface area contributed by atoms with Crippen molar-refractivity contribution in [3.8, 4) is 22.5 Å². The second-order valence-electron chi connectivity index (χ2n) is 14.9. The van der Waals surface area contributed by atoms with Crippen LogP contribution in [-0.4, -0.2) is 17.2 Å². The molecule has 2 nitrogen and oxygen atoms in total. The van der Waals surface area contributed by atoms with Gasteiger partial charge in [-0.2, -0.15) is 0 Å². The first-order valence-electron chi connectivity index (χ1n) is 19.7. The topological polar surface area (TPSA) is 9.86 Å². The van der Waals surface area contributed by atoms with E-state index >= 15 is 0 Å². The van der Waals surface area contributed by atoms with Gasteiger partial charge >= 0.3 is 0 Å². The van der Waals surface area contributed by atoms with Gasteiger partial charge in [0.25, 0.3) is 0 Å². The smallest absolute Gasteiger partial charge is 0.180 e. The molecule has 0 unspecified atom stereocenters. The van der Waals surface area contributed by atoms with Gasteiger partial charge in [-0.05, 0) is 86.5 Å². The third-order valence-electron chi connectivity index (χ3n) is 11.9. The average molecular weight is 743 g/mol. The summed E-state index contributed by atoms with van der Waals surface area (Å²) >= 11 is 0. The molecule has 2 aromatic heterocycles. The molecule has 0 saturated carbocycles. The molecule has 268 valence electrons. The summed E-state index contributed by atoms with van der Waals surface area (Å²) in [5, 5.41) is 10.6. The number of aromatic nitrogens is 2. The minimum atomic E-state index is -2.92. The number of fused-ring (bicyclic) bond motifs is 6. The van der Waals surface area contributed by atoms with E-state index in [1.165, 1.54) is 86.9 Å². The minimum Gasteiger partial charge on any atom is -0.309 e. The zero-order valence-electron chi connectivity index (χ0n) is 31.3. The van der Waals surface area contributed by atoms with Crippen LogP contribution in [0, 0.1) is 0 Å². The molecule has 0 radical (unpaired) electrons. The summed E-state index contributed by atoms with van der Waals surface area (Å²) in [5.74, 6) is 0. The second kappa shape index (κ2) is 13.5. The van der Waals surface area contributed by atoms with Crippen molar-refractivity contribution in [2.75, 3.05) is 0 Å². The highest BCUT2D eigenvalue weighted by Crippen LogP contribution is 2.36. The van der Waals surface area contributed by atoms with Crippen molar-refractivity contribution in [2.45, 2.75) is 0 Å². The molecule has 0 amide bonds. The molecule has 11 rings (SSSR count). The molecule has 9 aromatic carbocycles. The fraction of sp³-hybridized carbons (Fsp3) is 0. The fourth-order valence-corrected chi connectivity index (χ4v) is 14.4. The normalized spacial score (nSPS) is 11.9. The van der Waals surface area contributed by atoms with E-state index in [-0.39, 0.29) is 0 Å². The summed E-state index contributed by atoms with van der Waals surface area (Å²) < 4.78 is 4.82. The van der Waals surface area contributed by atoms with Crippen LogP contribution in [0.3, 0.4) is 0 Å². The molecule has 3 heteroatoms. The predicted molar refractivity (Wildman–Crippen MR) is 244 cm³/mol. The Morgan fingerprint density at radius 3 is 1.33 bits per heavy atom. The van der Waals surface area contributed by atoms with Gasteiger partial charge in [0.2, 0.25) is 0 Å². The molecular weight excluding hydrogens is 705 g/mol. The first-order chi connectivity index (χ1) is 28.3. The van der Waals surface area contributed by atoms with E-state index in [2.05, 4.69) is 240 Å². The number of nitrogens with zero attached hydrogens (tertiary/aromatic N) is 2. The van der Waals surface area contributed by atoms with E-state index in [1.807, 2.05) is 0 Å². The number of hydrogen-bond acceptors (Lipinski definition) is 0. The summed E-state index contributed by atoms with van der Waals surface area (Å²) in [6.45, 7) is 0. The molecule has 0 atom stereocenters. The summed E-state index contributed by atoms with van der Waals surface area (Å²) in [5.41, 5.74) is 9.63. The van der Waals surface area contributed by atoms with Gasteiger partial charge in [0.05, 0.1) is 22.1 Å². The van der Waals surface area contributed by atoms with E-state index in [9.17, 15) is 0 Å². The monoisotopic (exact) mass is 742 g/mol. The highest BCUT2D eigenvalue weighted by Gasteiger charge is 2.43. The van der Waals surface area contributed by atoms with Gasteiger partial charge in [-0.1, -0.05) is 176 Å². The lowest BCUT2D eigenvalue weighted by molar-refractivity contribution is 1.18. The van der Waals surface area contributed by atoms with E-state index in [0.29, 0.717) is 0 Å². The van der Waals surface area contributed by atoms with Crippen LogP contribution in [0.2, 0.25) is 0 Å². The van der Waals surface area contributed by atoms with Crippen LogP contribution in [0.5, 0.6) is 0 Å². The van der Waals surface area contributed by atoms with Gasteiger partial charge in [0.1, 0.15) is 0 Å². The van der Waals surface area contributed by atoms with Gasteiger partial charge in [-0.3, -0.25) is 0 Å². The predicted octanol–water partition coefficient (Wildman–Crippen LogP) is 10.9. The van der Waals surface area contributed by atoms with Crippen molar-refractivity contribution in [1.82, 2.24) is 9.13 Å². The lowest BCUT2D eigenvalue weighted by Crippen LogP contribution is -2.74. The average Bonchev–Trinajstić information content (AvgIpc) is 3.81. The van der Waals surface area contributed by atoms with Crippen molar-refractivity contribution >= 4 is 72.4 Å². The molecule has 0 aliphatic heterocycles. The molecule has 0 N–H and O–H groups in total. The molecule has 57 heavy (non-hydrogen) atoms. The zero-order valence-corrected chi connectivity index (χ0v) is 32.3. The van der Waals surface area contributed by atoms with E-state index in [4.69, 9.17) is 0 Å². The largest absolute Gasteiger partial charge is 0.309 e. The first-order valence-corrected chi connectivity index (χ1v) is 21.7. The standard InChI is InChI=1S/C54H38N2Si/c1-5-18-41(19-6-1)55-49-28-15-13-26-46(49)48-38-40(34-37-51(48)55)39-32-35-45(36-33-39)57(43-22-9-3-10-23-43,44-24-11-4-12-25-44)53-31-17-30-52-54(53)47-27-14-16-29-50(47)56(52)42-20-7-2-8-21-42/h1-38H. The maximum absolute atomic E-state index is 2.92. The van der Waals surface area contributed by atoms with Crippen LogP contribution >= 0.6 is 0 Å². The van der Waals surface area contributed by atoms with Gasteiger partial charge in [0.15, 0.2) is 8.07 Å². The third-order valence-corrected chi connectivity index (χ3v) is 16.7. The molecule has 0 saturated heterocycles. The number of hydrogen-bond donors (Lipinski definition) is 0. The Morgan fingerprint density at radius 1 is 0.281 bits per heavy atom. The number of para-hydroxylation sites is 4. The highest BCUT2D eigenvalue weighted by molar-refractivity contribution is 7.20. The molecule has 0 spiro atoms. The fourth-order valence-electron chi connectivity index (χ4n) is 9.45. The van der Waals surface area contributed by atoms with Crippen molar-refractivity contribution in [3.05, 3.63) is 231 Å². The minimum absolute atomic E-state index is 1.17. The Hall–Kier alpha value is -7.20. The van der Waals surface area contributed by atoms with Crippen molar-refractivity contribution in [3.63, 3.8) is 0 Å². The van der Waals surface area contributed by atoms with Gasteiger partial charge < -0.3 is 9.13 Å². The second-order valence-corrected chi connectivity index (χ2v) is 18.6. The maximum atomic E-state index is 2.44. The van der Waals surface area contributed by atoms with E-state index < -0.39 is 8.07 Å². The Bertz CT molecular complexity index is 3160. The van der Waals surface area contributed by atoms with Crippen molar-refractivity contribution < 1.29 is 0 Å². The third kappa shape index (κ3) is 5.17. The van der Waals surface area contributed by atoms with Crippen LogP contribution in [0.1, 0.15) is 0 Å². The molecule has 0 bridgehead atoms. The van der Waals surface area contributed by atoms with Crippen LogP contribution in [0.4, 0.5) is 0 Å². The zero-order chi connectivity index (χ0) is 37.8. The highest BCUT2D eigenvalue weighted by atomic mass is 28.3. The first kappa shape index (κ1) is 33.2. The SMILES string of the molecule is c1ccc(-n2c3ccccc3c3cc(-c4ccc([Si](c5ccccc5)(c5ccccc5)c5cccc6c5c5ccccc5n6-c5ccccc5)cc4)ccc32)cc1. The van der Waals surface area contributed by atoms with E-state index in [1.54, 1.807) is 0 Å². The van der Waals surface area contributed by atoms with Crippen LogP contribution < -0.4 is 20.7 Å². The molecule has 0 aliphatic carbocycles. The molecule has 0 aliphatic rings. The van der Waals surface area contributed by atoms with Crippen LogP contribution in [0.15, 0.2) is 231 Å². The van der Waals surface area contributed by atoms with Crippen molar-refractivity contribution in [1.29, 1.82) is 0 Å². The molecule has 0 fully saturated rings. The molecular formula is C54H38N2Si. The lowest BCUT2D eigenvalue weighted by Gasteiger charge is -2.35. The van der Waals surface area contributed by atoms with Gasteiger partial charge in [-0.15, -0.1) is 0 Å². The van der Waals surface area contributed by atoms with Gasteiger partial charge in [-0.25, -0.2) is 0 Å². The summed E-state index contributed by atoms with van der Waals surface area (Å²) in [6.07, 6.45) is 0. The number of rotatable bonds is 7. The summed E-state index contributed by atoms with van der Waals surface area (Å²) in [7, 11) is -2.92. The summed E-state index contributed by atoms with van der Waals surface area (Å²) in [4.78, 5) is 0. The quantitative estimate of drug-likeness (QED) is 0.114. The Kier molecular flexibility index (Phi) is 7.87. The summed E-state index contributed by atoms with van der Waals surface area (Å²) in [6, 6.07) is 85.2. The Balaban J connectivity index is 1.15.